The first-order valence-corrected chi connectivity index (χ1v) is 5.56. The summed E-state index contributed by atoms with van der Waals surface area (Å²) in [6, 6.07) is 0. The fourth-order valence-corrected chi connectivity index (χ4v) is 2.03. The van der Waals surface area contributed by atoms with E-state index in [-0.39, 0.29) is 0 Å². The Bertz CT molecular complexity index is 90.2. The molecule has 0 atom stereocenters. The summed E-state index contributed by atoms with van der Waals surface area (Å²) in [7, 11) is 0. The molecule has 0 unspecified atom stereocenters. The van der Waals surface area contributed by atoms with Gasteiger partial charge in [-0.25, -0.2) is 0 Å². The maximum absolute atomic E-state index is 3.86. The van der Waals surface area contributed by atoms with Crippen LogP contribution in [0, 0.1) is 12.8 Å². The van der Waals surface area contributed by atoms with Crippen molar-refractivity contribution in [3.63, 3.8) is 0 Å². The quantitative estimate of drug-likeness (QED) is 0.534. The highest BCUT2D eigenvalue weighted by Gasteiger charge is 2.12. The van der Waals surface area contributed by atoms with Gasteiger partial charge in [-0.05, 0) is 25.2 Å². The first-order valence-electron chi connectivity index (χ1n) is 5.56. The van der Waals surface area contributed by atoms with Gasteiger partial charge in [0.25, 0.3) is 0 Å². The van der Waals surface area contributed by atoms with Crippen molar-refractivity contribution in [1.82, 2.24) is 0 Å². The SMILES string of the molecule is [CH2]CCCCC[C]1CCCCC1. The molecule has 0 nitrogen and oxygen atoms in total. The molecule has 1 fully saturated rings. The average Bonchev–Trinajstić information content (AvgIpc) is 2.14. The molecule has 0 N–H and O–H groups in total. The highest BCUT2D eigenvalue weighted by atomic mass is 14.2. The summed E-state index contributed by atoms with van der Waals surface area (Å²) < 4.78 is 0. The Morgan fingerprint density at radius 1 is 0.917 bits per heavy atom. The standard InChI is InChI=1S/C12H22/c1-2-3-4-6-9-12-10-7-5-8-11-12/h1-11H2. The molecule has 1 saturated carbocycles. The molecule has 0 saturated heterocycles. The second-order valence-corrected chi connectivity index (χ2v) is 3.97. The molecule has 0 spiro atoms. The molecular formula is C12H22. The van der Waals surface area contributed by atoms with Crippen LogP contribution in [0.15, 0.2) is 0 Å². The van der Waals surface area contributed by atoms with E-state index in [0.717, 1.165) is 6.42 Å². The molecule has 0 aromatic carbocycles. The van der Waals surface area contributed by atoms with Crippen LogP contribution in [-0.2, 0) is 0 Å². The Balaban J connectivity index is 1.91. The van der Waals surface area contributed by atoms with Crippen LogP contribution in [0.25, 0.3) is 0 Å². The number of hydrogen-bond donors (Lipinski definition) is 0. The third-order valence-corrected chi connectivity index (χ3v) is 2.84. The van der Waals surface area contributed by atoms with E-state index in [1.165, 1.54) is 57.8 Å². The summed E-state index contributed by atoms with van der Waals surface area (Å²) >= 11 is 0. The van der Waals surface area contributed by atoms with Crippen LogP contribution in [0.4, 0.5) is 0 Å². The van der Waals surface area contributed by atoms with Gasteiger partial charge in [-0.15, -0.1) is 0 Å². The Morgan fingerprint density at radius 2 is 1.67 bits per heavy atom. The van der Waals surface area contributed by atoms with Crippen molar-refractivity contribution >= 4 is 0 Å². The number of unbranched alkanes of at least 4 members (excludes halogenated alkanes) is 3. The fraction of sp³-hybridized carbons (Fsp3) is 0.833. The highest BCUT2D eigenvalue weighted by molar-refractivity contribution is 4.91. The van der Waals surface area contributed by atoms with Gasteiger partial charge in [0, 0.05) is 0 Å². The lowest BCUT2D eigenvalue weighted by Gasteiger charge is -2.20. The van der Waals surface area contributed by atoms with Gasteiger partial charge in [0.2, 0.25) is 0 Å². The fourth-order valence-electron chi connectivity index (χ4n) is 2.03. The summed E-state index contributed by atoms with van der Waals surface area (Å²) in [6.07, 6.45) is 14.0. The molecule has 1 aliphatic rings. The molecule has 1 aliphatic carbocycles. The molecule has 1 rings (SSSR count). The van der Waals surface area contributed by atoms with Crippen molar-refractivity contribution in [3.05, 3.63) is 12.8 Å². The minimum absolute atomic E-state index is 1.12. The van der Waals surface area contributed by atoms with Gasteiger partial charge < -0.3 is 0 Å². The lowest BCUT2D eigenvalue weighted by molar-refractivity contribution is 0.490. The van der Waals surface area contributed by atoms with Crippen LogP contribution >= 0.6 is 0 Å². The smallest absolute Gasteiger partial charge is 0.0241 e. The zero-order valence-corrected chi connectivity index (χ0v) is 8.28. The molecule has 0 amide bonds. The van der Waals surface area contributed by atoms with Crippen LogP contribution in [0.5, 0.6) is 0 Å². The average molecular weight is 166 g/mol. The molecule has 0 aromatic rings. The van der Waals surface area contributed by atoms with Crippen LogP contribution < -0.4 is 0 Å². The zero-order valence-electron chi connectivity index (χ0n) is 8.28. The van der Waals surface area contributed by atoms with E-state index in [1.807, 2.05) is 5.92 Å². The first kappa shape index (κ1) is 10.1. The van der Waals surface area contributed by atoms with Gasteiger partial charge in [-0.2, -0.15) is 0 Å². The highest BCUT2D eigenvalue weighted by Crippen LogP contribution is 2.29. The third kappa shape index (κ3) is 4.13. The van der Waals surface area contributed by atoms with Crippen LogP contribution in [0.2, 0.25) is 0 Å². The Kier molecular flexibility index (Phi) is 5.47. The molecule has 70 valence electrons. The normalized spacial score (nSPS) is 19.8. The van der Waals surface area contributed by atoms with E-state index in [4.69, 9.17) is 0 Å². The molecule has 0 heterocycles. The molecule has 0 heteroatoms. The van der Waals surface area contributed by atoms with Gasteiger partial charge in [0.15, 0.2) is 0 Å². The lowest BCUT2D eigenvalue weighted by Crippen LogP contribution is -2.03. The maximum atomic E-state index is 3.86. The van der Waals surface area contributed by atoms with E-state index in [0.29, 0.717) is 0 Å². The Labute approximate surface area is 77.7 Å². The van der Waals surface area contributed by atoms with Crippen molar-refractivity contribution in [1.29, 1.82) is 0 Å². The molecule has 2 radical (unpaired) electrons. The molecule has 0 bridgehead atoms. The molecule has 0 aliphatic heterocycles. The summed E-state index contributed by atoms with van der Waals surface area (Å²) in [5, 5.41) is 0. The summed E-state index contributed by atoms with van der Waals surface area (Å²) in [6.45, 7) is 3.86. The van der Waals surface area contributed by atoms with Gasteiger partial charge in [0.1, 0.15) is 0 Å². The third-order valence-electron chi connectivity index (χ3n) is 2.84. The van der Waals surface area contributed by atoms with Crippen molar-refractivity contribution in [3.8, 4) is 0 Å². The van der Waals surface area contributed by atoms with Crippen molar-refractivity contribution in [2.75, 3.05) is 0 Å². The van der Waals surface area contributed by atoms with E-state index in [9.17, 15) is 0 Å². The molecular weight excluding hydrogens is 144 g/mol. The Morgan fingerprint density at radius 3 is 2.33 bits per heavy atom. The van der Waals surface area contributed by atoms with E-state index in [1.54, 1.807) is 0 Å². The summed E-state index contributed by atoms with van der Waals surface area (Å²) in [5.74, 6) is 1.85. The Hall–Kier alpha value is 0. The predicted octanol–water partition coefficient (Wildman–Crippen LogP) is 4.31. The van der Waals surface area contributed by atoms with Gasteiger partial charge in [-0.1, -0.05) is 51.9 Å². The van der Waals surface area contributed by atoms with Gasteiger partial charge in [-0.3, -0.25) is 0 Å². The van der Waals surface area contributed by atoms with Gasteiger partial charge in [0.05, 0.1) is 0 Å². The largest absolute Gasteiger partial charge is 0.0533 e. The second kappa shape index (κ2) is 6.51. The van der Waals surface area contributed by atoms with Gasteiger partial charge >= 0.3 is 0 Å². The van der Waals surface area contributed by atoms with Crippen LogP contribution in [0.1, 0.15) is 64.2 Å². The number of rotatable bonds is 5. The summed E-state index contributed by atoms with van der Waals surface area (Å²) in [4.78, 5) is 0. The first-order chi connectivity index (χ1) is 5.93. The number of hydrogen-bond acceptors (Lipinski definition) is 0. The molecule has 12 heavy (non-hydrogen) atoms. The van der Waals surface area contributed by atoms with Crippen molar-refractivity contribution in [2.24, 2.45) is 0 Å². The van der Waals surface area contributed by atoms with Crippen LogP contribution in [0.3, 0.4) is 0 Å². The monoisotopic (exact) mass is 166 g/mol. The summed E-state index contributed by atoms with van der Waals surface area (Å²) in [5.41, 5.74) is 0. The van der Waals surface area contributed by atoms with Crippen molar-refractivity contribution < 1.29 is 0 Å². The van der Waals surface area contributed by atoms with E-state index in [2.05, 4.69) is 6.92 Å². The van der Waals surface area contributed by atoms with E-state index < -0.39 is 0 Å². The second-order valence-electron chi connectivity index (χ2n) is 3.97. The van der Waals surface area contributed by atoms with Crippen LogP contribution in [-0.4, -0.2) is 0 Å². The lowest BCUT2D eigenvalue weighted by atomic mass is 9.85. The zero-order chi connectivity index (χ0) is 8.65. The molecule has 0 aromatic heterocycles. The maximum Gasteiger partial charge on any atom is -0.0241 e. The topological polar surface area (TPSA) is 0 Å². The van der Waals surface area contributed by atoms with Crippen molar-refractivity contribution in [2.45, 2.75) is 64.2 Å². The van der Waals surface area contributed by atoms with E-state index >= 15 is 0 Å². The predicted molar refractivity (Wildman–Crippen MR) is 54.8 cm³/mol. The minimum Gasteiger partial charge on any atom is -0.0533 e. The minimum atomic E-state index is 1.12.